The molecule has 0 saturated heterocycles. The first-order valence-corrected chi connectivity index (χ1v) is 14.2. The summed E-state index contributed by atoms with van der Waals surface area (Å²) in [6.07, 6.45) is 6.20. The summed E-state index contributed by atoms with van der Waals surface area (Å²) >= 11 is 0. The van der Waals surface area contributed by atoms with Crippen molar-refractivity contribution in [3.05, 3.63) is 11.6 Å². The summed E-state index contributed by atoms with van der Waals surface area (Å²) in [5, 5.41) is 54.8. The van der Waals surface area contributed by atoms with Crippen LogP contribution in [-0.2, 0) is 4.79 Å². The molecule has 4 fully saturated rings. The molecule has 0 aromatic rings. The lowest BCUT2D eigenvalue weighted by Crippen LogP contribution is -2.69. The first kappa shape index (κ1) is 26.6. The minimum atomic E-state index is -1.09. The number of aliphatic hydroxyl groups is 4. The first-order valence-electron chi connectivity index (χ1n) is 14.2. The number of hydrogen-bond donors (Lipinski definition) is 5. The van der Waals surface area contributed by atoms with Crippen LogP contribution in [0.2, 0.25) is 0 Å². The van der Waals surface area contributed by atoms with Crippen LogP contribution in [0.1, 0.15) is 92.9 Å². The van der Waals surface area contributed by atoms with E-state index in [0.29, 0.717) is 19.3 Å². The highest BCUT2D eigenvalue weighted by atomic mass is 16.4. The van der Waals surface area contributed by atoms with E-state index < -0.39 is 40.5 Å². The minimum absolute atomic E-state index is 0.0252. The third-order valence-electron chi connectivity index (χ3n) is 13.6. The number of aliphatic carboxylic acids is 1. The fraction of sp³-hybridized carbons (Fsp3) is 0.900. The van der Waals surface area contributed by atoms with E-state index in [1.807, 2.05) is 13.8 Å². The van der Waals surface area contributed by atoms with Gasteiger partial charge in [-0.1, -0.05) is 46.3 Å². The lowest BCUT2D eigenvalue weighted by molar-refractivity contribution is -0.247. The van der Waals surface area contributed by atoms with Crippen LogP contribution in [0.3, 0.4) is 0 Å². The van der Waals surface area contributed by atoms with E-state index in [4.69, 9.17) is 0 Å². The van der Waals surface area contributed by atoms with Crippen molar-refractivity contribution < 1.29 is 30.3 Å². The molecular formula is C30H48O6. The van der Waals surface area contributed by atoms with Gasteiger partial charge in [0.1, 0.15) is 0 Å². The van der Waals surface area contributed by atoms with Crippen LogP contribution in [0.4, 0.5) is 0 Å². The lowest BCUT2D eigenvalue weighted by atomic mass is 9.33. The first-order chi connectivity index (χ1) is 16.6. The SMILES string of the molecule is CC1CC[C@]2(C(=O)O)CC[C@]3(C)C(=CC[C@@H]4[C@@]5(C)CC(O)C(O)[C@@](C)(CO)[C@@H]5CC[C@]43C)[C@@H]2[C@]1(C)O. The van der Waals surface area contributed by atoms with Gasteiger partial charge < -0.3 is 25.5 Å². The van der Waals surface area contributed by atoms with Gasteiger partial charge in [-0.2, -0.15) is 0 Å². The molecule has 0 bridgehead atoms. The van der Waals surface area contributed by atoms with Crippen molar-refractivity contribution in [2.75, 3.05) is 6.61 Å². The van der Waals surface area contributed by atoms with Crippen molar-refractivity contribution in [2.45, 2.75) is 111 Å². The Hall–Kier alpha value is -0.950. The summed E-state index contributed by atoms with van der Waals surface area (Å²) in [7, 11) is 0. The van der Waals surface area contributed by atoms with Crippen LogP contribution in [0, 0.1) is 50.7 Å². The molecule has 5 N–H and O–H groups in total. The molecule has 5 rings (SSSR count). The fourth-order valence-electron chi connectivity index (χ4n) is 11.0. The number of hydrogen-bond acceptors (Lipinski definition) is 5. The molecule has 0 heterocycles. The van der Waals surface area contributed by atoms with Gasteiger partial charge in [-0.05, 0) is 92.3 Å². The molecule has 3 unspecified atom stereocenters. The Morgan fingerprint density at radius 2 is 1.67 bits per heavy atom. The maximum atomic E-state index is 12.8. The van der Waals surface area contributed by atoms with Crippen LogP contribution < -0.4 is 0 Å². The van der Waals surface area contributed by atoms with Crippen LogP contribution in [0.5, 0.6) is 0 Å². The topological polar surface area (TPSA) is 118 Å². The molecule has 0 radical (unpaired) electrons. The van der Waals surface area contributed by atoms with Crippen molar-refractivity contribution in [1.82, 2.24) is 0 Å². The monoisotopic (exact) mass is 504 g/mol. The van der Waals surface area contributed by atoms with Crippen molar-refractivity contribution >= 4 is 5.97 Å². The third-order valence-corrected chi connectivity index (χ3v) is 13.6. The van der Waals surface area contributed by atoms with Crippen LogP contribution in [0.25, 0.3) is 0 Å². The van der Waals surface area contributed by atoms with E-state index in [9.17, 15) is 30.3 Å². The smallest absolute Gasteiger partial charge is 0.310 e. The lowest BCUT2D eigenvalue weighted by Gasteiger charge is -2.72. The maximum Gasteiger partial charge on any atom is 0.310 e. The molecular weight excluding hydrogens is 456 g/mol. The summed E-state index contributed by atoms with van der Waals surface area (Å²) in [5.41, 5.74) is -2.28. The number of aliphatic hydroxyl groups excluding tert-OH is 3. The average molecular weight is 505 g/mol. The zero-order valence-corrected chi connectivity index (χ0v) is 23.0. The molecule has 6 heteroatoms. The maximum absolute atomic E-state index is 12.8. The van der Waals surface area contributed by atoms with E-state index in [1.54, 1.807) is 0 Å². The van der Waals surface area contributed by atoms with Gasteiger partial charge in [0, 0.05) is 11.3 Å². The van der Waals surface area contributed by atoms with Gasteiger partial charge in [0.15, 0.2) is 0 Å². The van der Waals surface area contributed by atoms with Gasteiger partial charge in [-0.15, -0.1) is 0 Å². The highest BCUT2D eigenvalue weighted by molar-refractivity contribution is 5.77. The van der Waals surface area contributed by atoms with Gasteiger partial charge in [0.05, 0.1) is 29.8 Å². The molecule has 36 heavy (non-hydrogen) atoms. The number of fused-ring (bicyclic) bond motifs is 7. The molecule has 0 amide bonds. The number of carboxylic acids is 1. The van der Waals surface area contributed by atoms with Gasteiger partial charge in [0.25, 0.3) is 0 Å². The average Bonchev–Trinajstić information content (AvgIpc) is 2.80. The second-order valence-electron chi connectivity index (χ2n) is 14.7. The van der Waals surface area contributed by atoms with E-state index in [-0.39, 0.29) is 40.6 Å². The Bertz CT molecular complexity index is 974. The standard InChI is InChI=1S/C30H48O6/c1-17-9-12-30(24(34)35)14-13-27(4)18(22(30)29(17,6)36)7-8-21-25(2)15-19(32)23(33)26(3,16-31)20(25)10-11-28(21,27)5/h7,17,19-23,31-33,36H,8-16H2,1-6H3,(H,34,35)/t17?,19?,20-,21-,22-,23?,25+,26+,27-,28-,29-,30+/m1/s1. The number of carbonyl (C=O) groups is 1. The highest BCUT2D eigenvalue weighted by Gasteiger charge is 2.72. The van der Waals surface area contributed by atoms with E-state index in [0.717, 1.165) is 37.7 Å². The minimum Gasteiger partial charge on any atom is -0.481 e. The molecule has 0 aliphatic heterocycles. The third kappa shape index (κ3) is 2.91. The van der Waals surface area contributed by atoms with Gasteiger partial charge in [0.2, 0.25) is 0 Å². The highest BCUT2D eigenvalue weighted by Crippen LogP contribution is 2.76. The molecule has 0 aromatic heterocycles. The molecule has 0 spiro atoms. The zero-order chi connectivity index (χ0) is 26.7. The summed E-state index contributed by atoms with van der Waals surface area (Å²) < 4.78 is 0. The van der Waals surface area contributed by atoms with Crippen molar-refractivity contribution in [3.8, 4) is 0 Å². The summed E-state index contributed by atoms with van der Waals surface area (Å²) in [6.45, 7) is 12.6. The van der Waals surface area contributed by atoms with Gasteiger partial charge in [-0.3, -0.25) is 4.79 Å². The van der Waals surface area contributed by atoms with Crippen molar-refractivity contribution in [2.24, 2.45) is 50.7 Å². The Morgan fingerprint density at radius 3 is 2.28 bits per heavy atom. The Kier molecular flexibility index (Phi) is 5.77. The Morgan fingerprint density at radius 1 is 1.00 bits per heavy atom. The summed E-state index contributed by atoms with van der Waals surface area (Å²) in [4.78, 5) is 12.8. The molecule has 12 atom stereocenters. The largest absolute Gasteiger partial charge is 0.481 e. The molecule has 5 aliphatic rings. The molecule has 204 valence electrons. The zero-order valence-electron chi connectivity index (χ0n) is 23.0. The Labute approximate surface area is 216 Å². The van der Waals surface area contributed by atoms with Crippen LogP contribution in [-0.4, -0.2) is 55.9 Å². The van der Waals surface area contributed by atoms with E-state index in [2.05, 4.69) is 33.8 Å². The normalized spacial score (nSPS) is 58.6. The second-order valence-corrected chi connectivity index (χ2v) is 14.7. The fourth-order valence-corrected chi connectivity index (χ4v) is 11.0. The van der Waals surface area contributed by atoms with Crippen molar-refractivity contribution in [1.29, 1.82) is 0 Å². The summed E-state index contributed by atoms with van der Waals surface area (Å²) in [5.74, 6) is -0.834. The van der Waals surface area contributed by atoms with E-state index >= 15 is 0 Å². The number of rotatable bonds is 2. The van der Waals surface area contributed by atoms with Gasteiger partial charge >= 0.3 is 5.97 Å². The van der Waals surface area contributed by atoms with Crippen LogP contribution >= 0.6 is 0 Å². The second kappa shape index (κ2) is 7.80. The van der Waals surface area contributed by atoms with E-state index in [1.165, 1.54) is 0 Å². The molecule has 4 saturated carbocycles. The summed E-state index contributed by atoms with van der Waals surface area (Å²) in [6, 6.07) is 0. The van der Waals surface area contributed by atoms with Crippen molar-refractivity contribution in [3.63, 3.8) is 0 Å². The molecule has 5 aliphatic carbocycles. The Balaban J connectivity index is 1.65. The number of carboxylic acid groups (broad SMARTS) is 1. The predicted octanol–water partition coefficient (Wildman–Crippen LogP) is 4.15. The van der Waals surface area contributed by atoms with Gasteiger partial charge in [-0.25, -0.2) is 0 Å². The predicted molar refractivity (Wildman–Crippen MR) is 137 cm³/mol. The molecule has 6 nitrogen and oxygen atoms in total. The van der Waals surface area contributed by atoms with Crippen LogP contribution in [0.15, 0.2) is 11.6 Å². The quantitative estimate of drug-likeness (QED) is 0.361. The molecule has 0 aromatic carbocycles. The number of allylic oxidation sites excluding steroid dienone is 1.